The number of fused-ring (bicyclic) bond motifs is 8. The van der Waals surface area contributed by atoms with E-state index in [0.29, 0.717) is 76.5 Å². The Bertz CT molecular complexity index is 5720. The van der Waals surface area contributed by atoms with Gasteiger partial charge in [-0.05, 0) is 184 Å². The van der Waals surface area contributed by atoms with Gasteiger partial charge in [-0.1, -0.05) is 52.8 Å². The van der Waals surface area contributed by atoms with Crippen LogP contribution in [0.5, 0.6) is 23.5 Å². The first-order chi connectivity index (χ1) is 60.8. The molecule has 8 saturated heterocycles. The highest BCUT2D eigenvalue weighted by molar-refractivity contribution is 6.01. The molecule has 0 saturated carbocycles. The molecule has 12 unspecified atom stereocenters. The molecule has 0 aliphatic carbocycles. The Morgan fingerprint density at radius 3 is 1.21 bits per heavy atom. The summed E-state index contributed by atoms with van der Waals surface area (Å²) < 4.78 is 122. The monoisotopic (exact) mass is 1730 g/mol. The van der Waals surface area contributed by atoms with Crippen molar-refractivity contribution in [2.45, 2.75) is 172 Å². The fourth-order valence-electron chi connectivity index (χ4n) is 19.1. The fraction of sp³-hybridized carbons (Fsp3) is 0.393. The summed E-state index contributed by atoms with van der Waals surface area (Å²) in [5.41, 5.74) is 3.87. The van der Waals surface area contributed by atoms with Crippen LogP contribution < -0.4 is 18.9 Å². The Kier molecular flexibility index (Phi) is 24.2. The largest absolute Gasteiger partial charge is 0.477 e. The standard InChI is InChI=1S/C23H24N4O3.2C22H21F3N6O2.C22H22FN5O2/c1-14-6-5-9-21(24-14)29-13-16-12-17-10-11-20(16)27(17)23(28)19-8-4-3-7-18(19)22-25-15(2)26-30-22;1-13-5-7-16(20(27-13)30-10-9-26-29-30)21(32)31-15-6-8-17(31)14(11-15)12-33-19-4-2-3-18(28-19)22(23,24)25;1-13-5-7-16(20(28-13)31-26-9-10-27-31)21(32)30-15-6-8-17(30)14(11-15)12-33-19-4-2-3-18(29-19)22(23,24)25;1-14-4-2-7-20(26-14)30-13-15-12-16-8-9-19(15)27(16)22(29)17-5-3-6-18(23)21(17)28-24-10-11-25-28/h3-9,16-17,20H,10-13H2,1-2H3;2*2-5,7,9-10,14-15,17H,6,8,11-12H2,1H3;2-7,10-11,15-16,19H,8-9,12-13H2,1H3. The summed E-state index contributed by atoms with van der Waals surface area (Å²) in [6, 6.07) is 38.3. The lowest BCUT2D eigenvalue weighted by Crippen LogP contribution is -2.38. The van der Waals surface area contributed by atoms with E-state index in [1.807, 2.05) is 103 Å². The molecule has 8 fully saturated rings. The summed E-state index contributed by atoms with van der Waals surface area (Å²) in [5.74, 6) is 2.45. The van der Waals surface area contributed by atoms with Crippen LogP contribution in [-0.2, 0) is 12.4 Å². The average molecular weight is 1730 g/mol. The van der Waals surface area contributed by atoms with Gasteiger partial charge in [0.25, 0.3) is 29.5 Å². The average Bonchev–Trinajstić information content (AvgIpc) is 1.61. The Morgan fingerprint density at radius 1 is 0.397 bits per heavy atom. The van der Waals surface area contributed by atoms with Gasteiger partial charge in [-0.3, -0.25) is 19.2 Å². The number of rotatable bonds is 20. The number of ether oxygens (including phenoxy) is 4. The van der Waals surface area contributed by atoms with Gasteiger partial charge in [0.05, 0.1) is 91.4 Å². The Hall–Kier alpha value is -13.5. The number of pyridine rings is 6. The highest BCUT2D eigenvalue weighted by atomic mass is 19.4. The third-order valence-electron chi connectivity index (χ3n) is 24.6. The molecule has 30 nitrogen and oxygen atoms in total. The molecular weight excluding hydrogens is 1640 g/mol. The number of alkyl halides is 6. The Morgan fingerprint density at radius 2 is 0.786 bits per heavy atom. The van der Waals surface area contributed by atoms with Crippen LogP contribution in [0.3, 0.4) is 0 Å². The van der Waals surface area contributed by atoms with Crippen molar-refractivity contribution >= 4 is 23.6 Å². The van der Waals surface area contributed by atoms with Gasteiger partial charge < -0.3 is 43.1 Å². The first-order valence-corrected chi connectivity index (χ1v) is 41.8. The van der Waals surface area contributed by atoms with E-state index in [0.717, 1.165) is 112 Å². The maximum Gasteiger partial charge on any atom is 0.433 e. The molecule has 37 heteroatoms. The van der Waals surface area contributed by atoms with Crippen LogP contribution in [0.4, 0.5) is 30.7 Å². The Balaban J connectivity index is 0.000000119. The number of halogens is 7. The summed E-state index contributed by atoms with van der Waals surface area (Å²) in [6.07, 6.45) is 10.7. The SMILES string of the molecule is Cc1ccc(C(=O)N2C3CCC2C(COc2cccc(C(F)(F)F)n2)C3)c(-n2ccnn2)n1.Cc1ccc(C(=O)N2C3CCC2C(COc2cccc(C(F)(F)F)n2)C3)c(-n2nccn2)n1.Cc1cccc(OCC2CC3CCC2N3C(=O)c2cccc(F)c2-n2nccn2)n1.Cc1cccc(OCC2CC3CCC2N3C(=O)c2ccccc2-c2nc(C)no2)n1. The summed E-state index contributed by atoms with van der Waals surface area (Å²) in [6.45, 7) is 10.8. The zero-order valence-electron chi connectivity index (χ0n) is 69.2. The number of amides is 4. The number of carbonyl (C=O) groups excluding carboxylic acids is 4. The second-order valence-electron chi connectivity index (χ2n) is 32.7. The van der Waals surface area contributed by atoms with Crippen molar-refractivity contribution in [1.82, 2.24) is 105 Å². The van der Waals surface area contributed by atoms with Crippen LogP contribution >= 0.6 is 0 Å². The molecule has 8 bridgehead atoms. The number of carbonyl (C=O) groups is 4. The third-order valence-corrected chi connectivity index (χ3v) is 24.6. The van der Waals surface area contributed by atoms with E-state index in [-0.39, 0.29) is 126 Å². The molecule has 12 atom stereocenters. The smallest absolute Gasteiger partial charge is 0.433 e. The lowest BCUT2D eigenvalue weighted by molar-refractivity contribution is -0.142. The quantitative estimate of drug-likeness (QED) is 0.0640. The molecule has 2 aromatic carbocycles. The number of aryl methyl sites for hydroxylation is 5. The van der Waals surface area contributed by atoms with Gasteiger partial charge in [0.15, 0.2) is 23.3 Å². The van der Waals surface area contributed by atoms with Crippen molar-refractivity contribution in [3.05, 3.63) is 245 Å². The maximum absolute atomic E-state index is 14.6. The molecule has 4 amide bonds. The van der Waals surface area contributed by atoms with E-state index in [4.69, 9.17) is 23.5 Å². The summed E-state index contributed by atoms with van der Waals surface area (Å²) in [5, 5.41) is 27.9. The van der Waals surface area contributed by atoms with Crippen LogP contribution in [0.2, 0.25) is 0 Å². The number of aromatic nitrogens is 17. The van der Waals surface area contributed by atoms with Crippen LogP contribution in [0.25, 0.3) is 28.8 Å². The van der Waals surface area contributed by atoms with Crippen LogP contribution in [0.15, 0.2) is 181 Å². The number of hydrogen-bond acceptors (Lipinski definition) is 23. The molecule has 12 aromatic rings. The lowest BCUT2D eigenvalue weighted by Gasteiger charge is -2.25. The van der Waals surface area contributed by atoms with Gasteiger partial charge in [-0.2, -0.15) is 51.7 Å². The third kappa shape index (κ3) is 18.0. The zero-order chi connectivity index (χ0) is 87.7. The van der Waals surface area contributed by atoms with Crippen molar-refractivity contribution in [2.75, 3.05) is 26.4 Å². The second kappa shape index (κ2) is 36.0. The minimum absolute atomic E-state index is 0.00808. The lowest BCUT2D eigenvalue weighted by atomic mass is 9.90. The highest BCUT2D eigenvalue weighted by Gasteiger charge is 2.54. The molecular formula is C89H88F7N21O9. The number of benzene rings is 2. The van der Waals surface area contributed by atoms with Crippen molar-refractivity contribution in [2.24, 2.45) is 23.7 Å². The number of hydrogen-bond donors (Lipinski definition) is 0. The number of nitrogens with zero attached hydrogens (tertiary/aromatic N) is 21. The fourth-order valence-corrected chi connectivity index (χ4v) is 19.1. The molecule has 0 radical (unpaired) electrons. The van der Waals surface area contributed by atoms with Crippen LogP contribution in [0, 0.1) is 64.1 Å². The van der Waals surface area contributed by atoms with Crippen LogP contribution in [-0.4, -0.2) is 203 Å². The van der Waals surface area contributed by atoms with E-state index in [1.165, 1.54) is 75.6 Å². The van der Waals surface area contributed by atoms with Gasteiger partial charge in [0.2, 0.25) is 23.5 Å². The normalized spacial score (nSPS) is 22.3. The van der Waals surface area contributed by atoms with E-state index in [9.17, 15) is 49.9 Å². The van der Waals surface area contributed by atoms with E-state index >= 15 is 0 Å². The summed E-state index contributed by atoms with van der Waals surface area (Å²) >= 11 is 0. The Labute approximate surface area is 717 Å². The predicted octanol–water partition coefficient (Wildman–Crippen LogP) is 13.9. The van der Waals surface area contributed by atoms with E-state index in [1.54, 1.807) is 49.5 Å². The van der Waals surface area contributed by atoms with Gasteiger partial charge in [0.1, 0.15) is 17.1 Å². The predicted molar refractivity (Wildman–Crippen MR) is 436 cm³/mol. The van der Waals surface area contributed by atoms with Gasteiger partial charge >= 0.3 is 12.4 Å². The topological polar surface area (TPSA) is 327 Å². The number of para-hydroxylation sites is 1. The minimum atomic E-state index is -4.53. The zero-order valence-corrected chi connectivity index (χ0v) is 69.2. The van der Waals surface area contributed by atoms with Crippen molar-refractivity contribution in [3.8, 4) is 52.3 Å². The second-order valence-corrected chi connectivity index (χ2v) is 32.7. The molecule has 10 aromatic heterocycles. The molecule has 652 valence electrons. The maximum atomic E-state index is 14.6. The summed E-state index contributed by atoms with van der Waals surface area (Å²) in [4.78, 5) is 93.6. The van der Waals surface area contributed by atoms with Crippen molar-refractivity contribution < 1.29 is 73.4 Å². The van der Waals surface area contributed by atoms with E-state index < -0.39 is 29.6 Å². The molecule has 8 aliphatic rings. The molecule has 20 rings (SSSR count). The van der Waals surface area contributed by atoms with Gasteiger partial charge in [-0.25, -0.2) is 39.0 Å². The molecule has 18 heterocycles. The van der Waals surface area contributed by atoms with Gasteiger partial charge in [-0.15, -0.1) is 14.7 Å². The van der Waals surface area contributed by atoms with Gasteiger partial charge in [0, 0.05) is 119 Å². The van der Waals surface area contributed by atoms with Crippen molar-refractivity contribution in [3.63, 3.8) is 0 Å². The first kappa shape index (κ1) is 84.7. The van der Waals surface area contributed by atoms with E-state index in [2.05, 4.69) is 75.7 Å². The first-order valence-electron chi connectivity index (χ1n) is 41.8. The molecule has 126 heavy (non-hydrogen) atoms. The molecule has 8 aliphatic heterocycles. The minimum Gasteiger partial charge on any atom is -0.477 e. The van der Waals surface area contributed by atoms with Crippen molar-refractivity contribution in [1.29, 1.82) is 0 Å². The molecule has 0 N–H and O–H groups in total. The summed E-state index contributed by atoms with van der Waals surface area (Å²) in [7, 11) is 0. The highest BCUT2D eigenvalue weighted by Crippen LogP contribution is 2.48. The molecule has 0 spiro atoms. The van der Waals surface area contributed by atoms with Crippen LogP contribution in [0.1, 0.15) is 158 Å².